The quantitative estimate of drug-likeness (QED) is 0.520. The number of benzene rings is 2. The molecule has 0 heterocycles. The van der Waals surface area contributed by atoms with E-state index in [1.165, 1.54) is 6.07 Å². The molecule has 0 radical (unpaired) electrons. The molecule has 0 aliphatic heterocycles. The first-order chi connectivity index (χ1) is 11.6. The number of halogens is 2. The molecule has 0 aliphatic carbocycles. The van der Waals surface area contributed by atoms with Crippen LogP contribution in [0.2, 0.25) is 0 Å². The summed E-state index contributed by atoms with van der Waals surface area (Å²) in [5.41, 5.74) is 2.84. The first-order valence-electron chi connectivity index (χ1n) is 7.11. The third-order valence-electron chi connectivity index (χ3n) is 3.34. The summed E-state index contributed by atoms with van der Waals surface area (Å²) in [5, 5.41) is 11.9. The molecule has 2 aromatic rings. The zero-order valence-electron chi connectivity index (χ0n) is 13.0. The second-order valence-electron chi connectivity index (χ2n) is 4.89. The van der Waals surface area contributed by atoms with Crippen molar-refractivity contribution in [1.29, 1.82) is 5.26 Å². The van der Waals surface area contributed by atoms with Gasteiger partial charge in [0.25, 0.3) is 0 Å². The van der Waals surface area contributed by atoms with Gasteiger partial charge in [0.1, 0.15) is 11.8 Å². The highest BCUT2D eigenvalue weighted by Crippen LogP contribution is 2.19. The summed E-state index contributed by atoms with van der Waals surface area (Å²) < 4.78 is 26.1. The molecular weight excluding hydrogens is 306 g/mol. The van der Waals surface area contributed by atoms with Crippen molar-refractivity contribution in [3.05, 3.63) is 76.5 Å². The van der Waals surface area contributed by atoms with Crippen LogP contribution in [0, 0.1) is 35.3 Å². The number of terminal acetylenes is 1. The van der Waals surface area contributed by atoms with Gasteiger partial charge in [-0.15, -0.1) is 6.42 Å². The molecular formula is C20H14F2N2. The predicted molar refractivity (Wildman–Crippen MR) is 92.2 cm³/mol. The number of hydrogen-bond donors (Lipinski definition) is 1. The SMILES string of the molecule is C#C/C(=C(/C#N)NC)c1cccc(/C=C/c2ccc(F)c(F)c2)c1. The van der Waals surface area contributed by atoms with Crippen LogP contribution in [-0.4, -0.2) is 7.05 Å². The highest BCUT2D eigenvalue weighted by molar-refractivity contribution is 5.84. The van der Waals surface area contributed by atoms with Gasteiger partial charge in [-0.3, -0.25) is 0 Å². The fraction of sp³-hybridized carbons (Fsp3) is 0.0500. The Morgan fingerprint density at radius 1 is 1.08 bits per heavy atom. The molecule has 0 fully saturated rings. The van der Waals surface area contributed by atoms with Gasteiger partial charge in [-0.2, -0.15) is 5.26 Å². The third-order valence-corrected chi connectivity index (χ3v) is 3.34. The molecule has 0 aromatic heterocycles. The molecule has 1 N–H and O–H groups in total. The van der Waals surface area contributed by atoms with Crippen molar-refractivity contribution in [3.63, 3.8) is 0 Å². The Morgan fingerprint density at radius 2 is 1.79 bits per heavy atom. The summed E-state index contributed by atoms with van der Waals surface area (Å²) in [6.07, 6.45) is 8.94. The maximum Gasteiger partial charge on any atom is 0.159 e. The van der Waals surface area contributed by atoms with Crippen LogP contribution in [-0.2, 0) is 0 Å². The van der Waals surface area contributed by atoms with Crippen molar-refractivity contribution in [2.75, 3.05) is 7.05 Å². The molecule has 0 bridgehead atoms. The van der Waals surface area contributed by atoms with E-state index in [-0.39, 0.29) is 0 Å². The molecule has 0 aliphatic rings. The molecule has 0 spiro atoms. The van der Waals surface area contributed by atoms with Crippen LogP contribution in [0.3, 0.4) is 0 Å². The molecule has 0 atom stereocenters. The lowest BCUT2D eigenvalue weighted by Crippen LogP contribution is -2.06. The minimum Gasteiger partial charge on any atom is -0.379 e. The summed E-state index contributed by atoms with van der Waals surface area (Å²) in [5.74, 6) is 0.741. The van der Waals surface area contributed by atoms with E-state index >= 15 is 0 Å². The van der Waals surface area contributed by atoms with Gasteiger partial charge in [0.05, 0.1) is 5.57 Å². The van der Waals surface area contributed by atoms with E-state index in [0.717, 1.165) is 23.3 Å². The van der Waals surface area contributed by atoms with Crippen LogP contribution < -0.4 is 5.32 Å². The van der Waals surface area contributed by atoms with Crippen LogP contribution in [0.25, 0.3) is 17.7 Å². The van der Waals surface area contributed by atoms with Crippen molar-refractivity contribution in [3.8, 4) is 18.4 Å². The summed E-state index contributed by atoms with van der Waals surface area (Å²) in [4.78, 5) is 0. The lowest BCUT2D eigenvalue weighted by molar-refractivity contribution is 0.508. The van der Waals surface area contributed by atoms with E-state index < -0.39 is 11.6 Å². The van der Waals surface area contributed by atoms with Crippen LogP contribution >= 0.6 is 0 Å². The molecule has 118 valence electrons. The van der Waals surface area contributed by atoms with E-state index in [2.05, 4.69) is 11.2 Å². The van der Waals surface area contributed by atoms with Crippen LogP contribution in [0.15, 0.2) is 48.2 Å². The molecule has 24 heavy (non-hydrogen) atoms. The smallest absolute Gasteiger partial charge is 0.159 e. The average Bonchev–Trinajstić information content (AvgIpc) is 2.60. The minimum atomic E-state index is -0.892. The van der Waals surface area contributed by atoms with Gasteiger partial charge >= 0.3 is 0 Å². The van der Waals surface area contributed by atoms with Crippen LogP contribution in [0.4, 0.5) is 8.78 Å². The van der Waals surface area contributed by atoms with Crippen LogP contribution in [0.1, 0.15) is 16.7 Å². The number of nitriles is 1. The Balaban J connectivity index is 2.36. The molecule has 0 unspecified atom stereocenters. The van der Waals surface area contributed by atoms with Crippen molar-refractivity contribution >= 4 is 17.7 Å². The van der Waals surface area contributed by atoms with Crippen molar-refractivity contribution < 1.29 is 8.78 Å². The van der Waals surface area contributed by atoms with Gasteiger partial charge in [-0.05, 0) is 34.9 Å². The van der Waals surface area contributed by atoms with Gasteiger partial charge < -0.3 is 5.32 Å². The molecule has 4 heteroatoms. The number of rotatable bonds is 4. The maximum absolute atomic E-state index is 13.2. The summed E-state index contributed by atoms with van der Waals surface area (Å²) in [7, 11) is 1.63. The lowest BCUT2D eigenvalue weighted by Gasteiger charge is -2.05. The van der Waals surface area contributed by atoms with Gasteiger partial charge in [-0.1, -0.05) is 42.3 Å². The second kappa shape index (κ2) is 7.76. The molecule has 2 nitrogen and oxygen atoms in total. The van der Waals surface area contributed by atoms with E-state index in [0.29, 0.717) is 16.8 Å². The van der Waals surface area contributed by atoms with Gasteiger partial charge in [0.2, 0.25) is 0 Å². The molecule has 2 aromatic carbocycles. The molecule has 2 rings (SSSR count). The normalized spacial score (nSPS) is 11.5. The van der Waals surface area contributed by atoms with Crippen LogP contribution in [0.5, 0.6) is 0 Å². The number of nitrogens with one attached hydrogen (secondary N) is 1. The van der Waals surface area contributed by atoms with Gasteiger partial charge in [0.15, 0.2) is 11.6 Å². The summed E-state index contributed by atoms with van der Waals surface area (Å²) in [6.45, 7) is 0. The van der Waals surface area contributed by atoms with E-state index in [1.807, 2.05) is 24.3 Å². The zero-order chi connectivity index (χ0) is 17.5. The summed E-state index contributed by atoms with van der Waals surface area (Å²) >= 11 is 0. The minimum absolute atomic E-state index is 0.305. The number of nitrogens with zero attached hydrogens (tertiary/aromatic N) is 1. The number of hydrogen-bond acceptors (Lipinski definition) is 2. The Morgan fingerprint density at radius 3 is 2.38 bits per heavy atom. The Labute approximate surface area is 139 Å². The highest BCUT2D eigenvalue weighted by Gasteiger charge is 2.06. The first kappa shape index (κ1) is 17.0. The first-order valence-corrected chi connectivity index (χ1v) is 7.11. The Bertz CT molecular complexity index is 897. The maximum atomic E-state index is 13.2. The predicted octanol–water partition coefficient (Wildman–Crippen LogP) is 4.22. The zero-order valence-corrected chi connectivity index (χ0v) is 13.0. The Hall–Kier alpha value is -3.37. The second-order valence-corrected chi connectivity index (χ2v) is 4.89. The monoisotopic (exact) mass is 320 g/mol. The van der Waals surface area contributed by atoms with Gasteiger partial charge in [-0.25, -0.2) is 8.78 Å². The van der Waals surface area contributed by atoms with Crippen molar-refractivity contribution in [2.45, 2.75) is 0 Å². The number of allylic oxidation sites excluding steroid dienone is 2. The highest BCUT2D eigenvalue weighted by atomic mass is 19.2. The standard InChI is InChI=1S/C20H14F2N2/c1-3-17(20(13-23)24-2)16-6-4-5-14(11-16)7-8-15-9-10-18(21)19(22)12-15/h1,4-12,24H,2H3/b8-7+,20-17+. The third kappa shape index (κ3) is 3.88. The fourth-order valence-corrected chi connectivity index (χ4v) is 2.14. The van der Waals surface area contributed by atoms with E-state index in [4.69, 9.17) is 11.7 Å². The van der Waals surface area contributed by atoms with Crippen molar-refractivity contribution in [2.24, 2.45) is 0 Å². The van der Waals surface area contributed by atoms with Crippen molar-refractivity contribution in [1.82, 2.24) is 5.32 Å². The molecule has 0 amide bonds. The van der Waals surface area contributed by atoms with E-state index in [1.54, 1.807) is 25.3 Å². The average molecular weight is 320 g/mol. The fourth-order valence-electron chi connectivity index (χ4n) is 2.14. The topological polar surface area (TPSA) is 35.8 Å². The summed E-state index contributed by atoms with van der Waals surface area (Å²) in [6, 6.07) is 13.0. The molecule has 0 saturated heterocycles. The lowest BCUT2D eigenvalue weighted by atomic mass is 10.0. The van der Waals surface area contributed by atoms with E-state index in [9.17, 15) is 8.78 Å². The molecule has 0 saturated carbocycles. The largest absolute Gasteiger partial charge is 0.379 e. The van der Waals surface area contributed by atoms with Gasteiger partial charge in [0, 0.05) is 7.05 Å². The Kier molecular flexibility index (Phi) is 5.49.